The van der Waals surface area contributed by atoms with Crippen molar-refractivity contribution < 1.29 is 0 Å². The molecule has 3 aliphatic rings. The van der Waals surface area contributed by atoms with Crippen LogP contribution < -0.4 is 5.32 Å². The average molecular weight is 474 g/mol. The van der Waals surface area contributed by atoms with Crippen molar-refractivity contribution in [2.75, 3.05) is 45.8 Å². The van der Waals surface area contributed by atoms with E-state index in [2.05, 4.69) is 84.4 Å². The Hall–Kier alpha value is -0.120. The second-order valence-corrected chi connectivity index (χ2v) is 10.9. The predicted octanol–water partition coefficient (Wildman–Crippen LogP) is 8.73. The van der Waals surface area contributed by atoms with Gasteiger partial charge in [-0.25, -0.2) is 0 Å². The molecule has 0 saturated carbocycles. The Kier molecular flexibility index (Phi) is 36.3. The minimum absolute atomic E-state index is 0.413. The summed E-state index contributed by atoms with van der Waals surface area (Å²) in [6.45, 7) is 39.2. The van der Waals surface area contributed by atoms with E-state index in [4.69, 9.17) is 0 Å². The van der Waals surface area contributed by atoms with Gasteiger partial charge >= 0.3 is 0 Å². The van der Waals surface area contributed by atoms with Crippen molar-refractivity contribution in [2.45, 2.75) is 141 Å². The highest BCUT2D eigenvalue weighted by molar-refractivity contribution is 4.79. The smallest absolute Gasteiger partial charge is 0.0125 e. The molecule has 3 heterocycles. The maximum atomic E-state index is 3.22. The van der Waals surface area contributed by atoms with E-state index < -0.39 is 0 Å². The minimum atomic E-state index is 0.413. The van der Waals surface area contributed by atoms with Crippen molar-refractivity contribution in [1.29, 1.82) is 0 Å². The zero-order chi connectivity index (χ0) is 26.7. The van der Waals surface area contributed by atoms with Crippen molar-refractivity contribution in [3.8, 4) is 0 Å². The molecule has 0 amide bonds. The molecule has 0 bridgehead atoms. The quantitative estimate of drug-likeness (QED) is 0.410. The third-order valence-corrected chi connectivity index (χ3v) is 4.66. The van der Waals surface area contributed by atoms with Gasteiger partial charge in [-0.05, 0) is 117 Å². The Labute approximate surface area is 213 Å². The van der Waals surface area contributed by atoms with Gasteiger partial charge in [0.1, 0.15) is 0 Å². The van der Waals surface area contributed by atoms with Crippen molar-refractivity contribution >= 4 is 0 Å². The molecule has 33 heavy (non-hydrogen) atoms. The largest absolute Gasteiger partial charge is 0.317 e. The van der Waals surface area contributed by atoms with E-state index in [9.17, 15) is 0 Å². The van der Waals surface area contributed by atoms with Crippen LogP contribution in [-0.4, -0.2) is 61.2 Å². The second-order valence-electron chi connectivity index (χ2n) is 10.9. The first kappa shape index (κ1) is 40.1. The number of hydrogen-bond donors (Lipinski definition) is 1. The van der Waals surface area contributed by atoms with Gasteiger partial charge in [0, 0.05) is 5.54 Å². The molecule has 0 aromatic rings. The zero-order valence-corrected chi connectivity index (χ0v) is 26.2. The number of hydrogen-bond acceptors (Lipinski definition) is 3. The number of rotatable bonds is 1. The minimum Gasteiger partial charge on any atom is -0.317 e. The number of likely N-dealkylation sites (tertiary alicyclic amines) is 2. The van der Waals surface area contributed by atoms with Crippen LogP contribution in [0.4, 0.5) is 0 Å². The number of nitrogens with one attached hydrogen (secondary N) is 1. The van der Waals surface area contributed by atoms with Gasteiger partial charge in [-0.1, -0.05) is 76.2 Å². The van der Waals surface area contributed by atoms with Crippen LogP contribution in [0.3, 0.4) is 0 Å². The van der Waals surface area contributed by atoms with Crippen LogP contribution in [0.25, 0.3) is 0 Å². The lowest BCUT2D eigenvalue weighted by Crippen LogP contribution is -2.38. The molecule has 3 fully saturated rings. The van der Waals surface area contributed by atoms with Gasteiger partial charge in [0.05, 0.1) is 0 Å². The molecule has 1 N–H and O–H groups in total. The lowest BCUT2D eigenvalue weighted by molar-refractivity contribution is 0.175. The third-order valence-electron chi connectivity index (χ3n) is 4.66. The lowest BCUT2D eigenvalue weighted by Gasteiger charge is -2.31. The van der Waals surface area contributed by atoms with Gasteiger partial charge in [-0.15, -0.1) is 0 Å². The van der Waals surface area contributed by atoms with Crippen LogP contribution in [0.1, 0.15) is 135 Å². The normalized spacial score (nSPS) is 17.5. The highest BCUT2D eigenvalue weighted by Crippen LogP contribution is 2.19. The molecule has 0 atom stereocenters. The molecule has 0 unspecified atom stereocenters. The fourth-order valence-corrected chi connectivity index (χ4v) is 3.11. The fraction of sp³-hybridized carbons (Fsp3) is 1.00. The van der Waals surface area contributed by atoms with Crippen molar-refractivity contribution in [3.05, 3.63) is 0 Å². The van der Waals surface area contributed by atoms with E-state index in [0.29, 0.717) is 5.54 Å². The molecule has 3 heteroatoms. The van der Waals surface area contributed by atoms with E-state index in [0.717, 1.165) is 11.8 Å². The summed E-state index contributed by atoms with van der Waals surface area (Å²) in [5.74, 6) is 1.67. The SMILES string of the molecule is C1CCNC1.CC.CC.CC(C)(C)N1CCCC1.CC(C)C.CC(C)C.CCN1CCCC1. The Morgan fingerprint density at radius 2 is 0.909 bits per heavy atom. The van der Waals surface area contributed by atoms with E-state index in [-0.39, 0.29) is 0 Å². The van der Waals surface area contributed by atoms with E-state index in [1.54, 1.807) is 0 Å². The Morgan fingerprint density at radius 1 is 0.606 bits per heavy atom. The van der Waals surface area contributed by atoms with Crippen molar-refractivity contribution in [2.24, 2.45) is 11.8 Å². The maximum absolute atomic E-state index is 3.22. The van der Waals surface area contributed by atoms with Gasteiger partial charge in [0.15, 0.2) is 0 Å². The summed E-state index contributed by atoms with van der Waals surface area (Å²) in [6, 6.07) is 0. The number of nitrogens with zero attached hydrogens (tertiary/aromatic N) is 2. The van der Waals surface area contributed by atoms with Gasteiger partial charge < -0.3 is 10.2 Å². The first-order valence-corrected chi connectivity index (χ1v) is 14.7. The summed E-state index contributed by atoms with van der Waals surface area (Å²) < 4.78 is 0. The standard InChI is InChI=1S/C8H17N.C6H13N.C4H9N.2C4H10.2C2H6/c1-8(2,3)9-6-4-5-7-9;1-2-7-5-3-4-6-7;1-2-4-5-3-1;2*1-4(2)3;2*1-2/h4-7H2,1-3H3;2-6H2,1H3;5H,1-4H2;2*4H,1-3H3;2*1-2H3. The van der Waals surface area contributed by atoms with Gasteiger partial charge in [0.25, 0.3) is 0 Å². The summed E-state index contributed by atoms with van der Waals surface area (Å²) >= 11 is 0. The molecule has 0 radical (unpaired) electrons. The second kappa shape index (κ2) is 29.9. The summed E-state index contributed by atoms with van der Waals surface area (Å²) in [4.78, 5) is 5.03. The summed E-state index contributed by atoms with van der Waals surface area (Å²) in [7, 11) is 0. The molecule has 3 aliphatic heterocycles. The summed E-state index contributed by atoms with van der Waals surface area (Å²) in [5.41, 5.74) is 0.413. The van der Waals surface area contributed by atoms with Crippen molar-refractivity contribution in [1.82, 2.24) is 15.1 Å². The Morgan fingerprint density at radius 3 is 1.06 bits per heavy atom. The topological polar surface area (TPSA) is 18.5 Å². The van der Waals surface area contributed by atoms with Crippen LogP contribution in [0.2, 0.25) is 0 Å². The average Bonchev–Trinajstić information content (AvgIpc) is 3.55. The molecule has 206 valence electrons. The first-order valence-electron chi connectivity index (χ1n) is 14.7. The molecule has 0 aromatic carbocycles. The zero-order valence-electron chi connectivity index (χ0n) is 26.2. The monoisotopic (exact) mass is 474 g/mol. The molecular weight excluding hydrogens is 402 g/mol. The highest BCUT2D eigenvalue weighted by atomic mass is 15.2. The summed E-state index contributed by atoms with van der Waals surface area (Å²) in [6.07, 6.45) is 8.43. The van der Waals surface area contributed by atoms with Crippen LogP contribution in [0.15, 0.2) is 0 Å². The molecule has 3 nitrogen and oxygen atoms in total. The van der Waals surface area contributed by atoms with Gasteiger partial charge in [0.2, 0.25) is 0 Å². The van der Waals surface area contributed by atoms with Gasteiger partial charge in [-0.3, -0.25) is 4.90 Å². The van der Waals surface area contributed by atoms with Crippen LogP contribution in [0, 0.1) is 11.8 Å². The van der Waals surface area contributed by atoms with Gasteiger partial charge in [-0.2, -0.15) is 0 Å². The molecule has 3 rings (SSSR count). The lowest BCUT2D eigenvalue weighted by atomic mass is 10.1. The molecule has 0 aromatic heterocycles. The molecule has 3 saturated heterocycles. The van der Waals surface area contributed by atoms with Crippen LogP contribution in [-0.2, 0) is 0 Å². The summed E-state index contributed by atoms with van der Waals surface area (Å²) in [5, 5.41) is 3.22. The molecule has 0 spiro atoms. The third kappa shape index (κ3) is 39.4. The first-order chi connectivity index (χ1) is 15.5. The Bertz CT molecular complexity index is 286. The highest BCUT2D eigenvalue weighted by Gasteiger charge is 2.23. The van der Waals surface area contributed by atoms with E-state index >= 15 is 0 Å². The van der Waals surface area contributed by atoms with E-state index in [1.807, 2.05) is 27.7 Å². The predicted molar refractivity (Wildman–Crippen MR) is 158 cm³/mol. The molecular formula is C30H71N3. The van der Waals surface area contributed by atoms with E-state index in [1.165, 1.54) is 84.3 Å². The Balaban J connectivity index is -0.000000159. The van der Waals surface area contributed by atoms with Crippen LogP contribution in [0.5, 0.6) is 0 Å². The fourth-order valence-electron chi connectivity index (χ4n) is 3.11. The maximum Gasteiger partial charge on any atom is 0.0125 e. The molecule has 0 aliphatic carbocycles. The van der Waals surface area contributed by atoms with Crippen LogP contribution >= 0.6 is 0 Å². The van der Waals surface area contributed by atoms with Crippen molar-refractivity contribution in [3.63, 3.8) is 0 Å².